The summed E-state index contributed by atoms with van der Waals surface area (Å²) in [7, 11) is 1.65. The molecule has 1 unspecified atom stereocenters. The lowest BCUT2D eigenvalue weighted by atomic mass is 10.1. The zero-order chi connectivity index (χ0) is 11.8. The molecule has 1 aromatic heterocycles. The second-order valence-electron chi connectivity index (χ2n) is 3.92. The number of methoxy groups -OCH3 is 1. The standard InChI is InChI=1S/C13H22N2O/c1-4-7-11(14-5-2)10-12-8-6-9-13(15-12)16-3/h6,8-9,11,14H,4-5,7,10H2,1-3H3. The van der Waals surface area contributed by atoms with Crippen molar-refractivity contribution in [1.29, 1.82) is 0 Å². The second-order valence-corrected chi connectivity index (χ2v) is 3.92. The van der Waals surface area contributed by atoms with Crippen molar-refractivity contribution >= 4 is 0 Å². The topological polar surface area (TPSA) is 34.1 Å². The predicted molar refractivity (Wildman–Crippen MR) is 66.9 cm³/mol. The van der Waals surface area contributed by atoms with Gasteiger partial charge in [-0.25, -0.2) is 4.98 Å². The first-order valence-electron chi connectivity index (χ1n) is 6.03. The molecule has 0 bridgehead atoms. The maximum Gasteiger partial charge on any atom is 0.213 e. The highest BCUT2D eigenvalue weighted by atomic mass is 16.5. The lowest BCUT2D eigenvalue weighted by Gasteiger charge is -2.16. The van der Waals surface area contributed by atoms with Crippen LogP contribution in [0.1, 0.15) is 32.4 Å². The van der Waals surface area contributed by atoms with E-state index in [4.69, 9.17) is 4.74 Å². The lowest BCUT2D eigenvalue weighted by molar-refractivity contribution is 0.394. The van der Waals surface area contributed by atoms with Gasteiger partial charge >= 0.3 is 0 Å². The van der Waals surface area contributed by atoms with Gasteiger partial charge in [0.05, 0.1) is 7.11 Å². The maximum atomic E-state index is 5.12. The zero-order valence-corrected chi connectivity index (χ0v) is 10.5. The van der Waals surface area contributed by atoms with Gasteiger partial charge in [0.25, 0.3) is 0 Å². The monoisotopic (exact) mass is 222 g/mol. The van der Waals surface area contributed by atoms with Gasteiger partial charge in [-0.05, 0) is 19.0 Å². The summed E-state index contributed by atoms with van der Waals surface area (Å²) < 4.78 is 5.12. The molecule has 1 rings (SSSR count). The number of likely N-dealkylation sites (N-methyl/N-ethyl adjacent to an activating group) is 1. The van der Waals surface area contributed by atoms with E-state index in [0.29, 0.717) is 11.9 Å². The van der Waals surface area contributed by atoms with Crippen molar-refractivity contribution in [3.05, 3.63) is 23.9 Å². The molecule has 3 nitrogen and oxygen atoms in total. The van der Waals surface area contributed by atoms with Crippen LogP contribution in [0.25, 0.3) is 0 Å². The molecule has 0 saturated heterocycles. The molecule has 0 fully saturated rings. The summed E-state index contributed by atoms with van der Waals surface area (Å²) in [5, 5.41) is 3.49. The molecule has 3 heteroatoms. The van der Waals surface area contributed by atoms with Gasteiger partial charge in [0, 0.05) is 24.2 Å². The molecule has 0 spiro atoms. The highest BCUT2D eigenvalue weighted by Gasteiger charge is 2.08. The van der Waals surface area contributed by atoms with Crippen LogP contribution < -0.4 is 10.1 Å². The van der Waals surface area contributed by atoms with Crippen molar-refractivity contribution in [2.45, 2.75) is 39.2 Å². The van der Waals surface area contributed by atoms with E-state index in [0.717, 1.165) is 18.7 Å². The molecule has 0 aliphatic rings. The predicted octanol–water partition coefficient (Wildman–Crippen LogP) is 2.41. The Morgan fingerprint density at radius 2 is 2.19 bits per heavy atom. The number of rotatable bonds is 7. The van der Waals surface area contributed by atoms with Crippen molar-refractivity contribution < 1.29 is 4.74 Å². The molecule has 0 amide bonds. The summed E-state index contributed by atoms with van der Waals surface area (Å²) in [5.41, 5.74) is 1.10. The van der Waals surface area contributed by atoms with E-state index >= 15 is 0 Å². The smallest absolute Gasteiger partial charge is 0.213 e. The molecule has 1 aromatic rings. The van der Waals surface area contributed by atoms with Gasteiger partial charge in [-0.3, -0.25) is 0 Å². The Morgan fingerprint density at radius 1 is 1.38 bits per heavy atom. The Hall–Kier alpha value is -1.09. The Kier molecular flexibility index (Phi) is 5.86. The average molecular weight is 222 g/mol. The maximum absolute atomic E-state index is 5.12. The van der Waals surface area contributed by atoms with Crippen LogP contribution >= 0.6 is 0 Å². The molecule has 16 heavy (non-hydrogen) atoms. The average Bonchev–Trinajstić information content (AvgIpc) is 2.30. The van der Waals surface area contributed by atoms with Gasteiger partial charge in [0.2, 0.25) is 5.88 Å². The number of pyridine rings is 1. The molecule has 0 aliphatic heterocycles. The highest BCUT2D eigenvalue weighted by molar-refractivity contribution is 5.16. The molecule has 0 aliphatic carbocycles. The summed E-state index contributed by atoms with van der Waals surface area (Å²) in [4.78, 5) is 4.43. The summed E-state index contributed by atoms with van der Waals surface area (Å²) >= 11 is 0. The van der Waals surface area contributed by atoms with Gasteiger partial charge in [0.15, 0.2) is 0 Å². The molecular formula is C13H22N2O. The number of nitrogens with zero attached hydrogens (tertiary/aromatic N) is 1. The first-order valence-corrected chi connectivity index (χ1v) is 6.03. The highest BCUT2D eigenvalue weighted by Crippen LogP contribution is 2.10. The quantitative estimate of drug-likeness (QED) is 0.769. The largest absolute Gasteiger partial charge is 0.481 e. The van der Waals surface area contributed by atoms with Crippen molar-refractivity contribution in [3.63, 3.8) is 0 Å². The fourth-order valence-electron chi connectivity index (χ4n) is 1.85. The van der Waals surface area contributed by atoms with E-state index in [-0.39, 0.29) is 0 Å². The van der Waals surface area contributed by atoms with Crippen molar-refractivity contribution in [1.82, 2.24) is 10.3 Å². The first kappa shape index (κ1) is 13.0. The van der Waals surface area contributed by atoms with Crippen LogP contribution in [-0.4, -0.2) is 24.7 Å². The van der Waals surface area contributed by atoms with Crippen LogP contribution in [0.2, 0.25) is 0 Å². The summed E-state index contributed by atoms with van der Waals surface area (Å²) in [5.74, 6) is 0.698. The van der Waals surface area contributed by atoms with E-state index in [1.54, 1.807) is 7.11 Å². The minimum Gasteiger partial charge on any atom is -0.481 e. The SMILES string of the molecule is CCCC(Cc1cccc(OC)n1)NCC. The molecule has 0 aromatic carbocycles. The zero-order valence-electron chi connectivity index (χ0n) is 10.5. The molecule has 1 atom stereocenters. The third-order valence-electron chi connectivity index (χ3n) is 2.58. The first-order chi connectivity index (χ1) is 7.80. The van der Waals surface area contributed by atoms with Gasteiger partial charge in [-0.15, -0.1) is 0 Å². The summed E-state index contributed by atoms with van der Waals surface area (Å²) in [6, 6.07) is 6.46. The van der Waals surface area contributed by atoms with E-state index in [1.165, 1.54) is 12.8 Å². The normalized spacial score (nSPS) is 12.4. The van der Waals surface area contributed by atoms with Crippen molar-refractivity contribution in [2.24, 2.45) is 0 Å². The van der Waals surface area contributed by atoms with Crippen LogP contribution in [0.15, 0.2) is 18.2 Å². The minimum atomic E-state index is 0.523. The number of nitrogens with one attached hydrogen (secondary N) is 1. The molecular weight excluding hydrogens is 200 g/mol. The van der Waals surface area contributed by atoms with Gasteiger partial charge in [-0.1, -0.05) is 26.3 Å². The lowest BCUT2D eigenvalue weighted by Crippen LogP contribution is -2.31. The van der Waals surface area contributed by atoms with E-state index < -0.39 is 0 Å². The summed E-state index contributed by atoms with van der Waals surface area (Å²) in [6.07, 6.45) is 3.35. The molecule has 1 heterocycles. The van der Waals surface area contributed by atoms with E-state index in [2.05, 4.69) is 30.2 Å². The van der Waals surface area contributed by atoms with Crippen molar-refractivity contribution in [3.8, 4) is 5.88 Å². The fraction of sp³-hybridized carbons (Fsp3) is 0.615. The van der Waals surface area contributed by atoms with Gasteiger partial charge < -0.3 is 10.1 Å². The minimum absolute atomic E-state index is 0.523. The Bertz CT molecular complexity index is 296. The summed E-state index contributed by atoms with van der Waals surface area (Å²) in [6.45, 7) is 5.36. The third-order valence-corrected chi connectivity index (χ3v) is 2.58. The van der Waals surface area contributed by atoms with E-state index in [9.17, 15) is 0 Å². The van der Waals surface area contributed by atoms with Crippen molar-refractivity contribution in [2.75, 3.05) is 13.7 Å². The fourth-order valence-corrected chi connectivity index (χ4v) is 1.85. The van der Waals surface area contributed by atoms with Gasteiger partial charge in [0.1, 0.15) is 0 Å². The molecule has 0 radical (unpaired) electrons. The van der Waals surface area contributed by atoms with Gasteiger partial charge in [-0.2, -0.15) is 0 Å². The van der Waals surface area contributed by atoms with Crippen LogP contribution in [-0.2, 0) is 6.42 Å². The molecule has 0 saturated carbocycles. The molecule has 90 valence electrons. The Balaban J connectivity index is 2.60. The van der Waals surface area contributed by atoms with Crippen LogP contribution in [0.3, 0.4) is 0 Å². The Labute approximate surface area is 98.2 Å². The number of ether oxygens (including phenoxy) is 1. The number of aromatic nitrogens is 1. The van der Waals surface area contributed by atoms with Crippen LogP contribution in [0.4, 0.5) is 0 Å². The van der Waals surface area contributed by atoms with Crippen LogP contribution in [0.5, 0.6) is 5.88 Å². The molecule has 1 N–H and O–H groups in total. The Morgan fingerprint density at radius 3 is 2.81 bits per heavy atom. The second kappa shape index (κ2) is 7.23. The van der Waals surface area contributed by atoms with E-state index in [1.807, 2.05) is 12.1 Å². The number of hydrogen-bond acceptors (Lipinski definition) is 3. The third kappa shape index (κ3) is 4.19. The number of hydrogen-bond donors (Lipinski definition) is 1. The van der Waals surface area contributed by atoms with Crippen LogP contribution in [0, 0.1) is 0 Å².